The summed E-state index contributed by atoms with van der Waals surface area (Å²) >= 11 is 3.36. The first kappa shape index (κ1) is 12.4. The molecule has 0 spiro atoms. The van der Waals surface area contributed by atoms with Gasteiger partial charge in [-0.3, -0.25) is 0 Å². The number of esters is 1. The second-order valence-electron chi connectivity index (χ2n) is 4.77. The molecule has 17 heavy (non-hydrogen) atoms. The lowest BCUT2D eigenvalue weighted by Gasteiger charge is -2.12. The van der Waals surface area contributed by atoms with Gasteiger partial charge in [-0.1, -0.05) is 22.9 Å². The van der Waals surface area contributed by atoms with Gasteiger partial charge >= 0.3 is 5.97 Å². The van der Waals surface area contributed by atoms with Crippen molar-refractivity contribution in [1.29, 1.82) is 0 Å². The van der Waals surface area contributed by atoms with E-state index < -0.39 is 0 Å². The molecule has 4 heteroatoms. The van der Waals surface area contributed by atoms with Crippen LogP contribution in [0.15, 0.2) is 22.7 Å². The minimum absolute atomic E-state index is 0.327. The SMILES string of the molecule is COC(=O)c1cc(Br)cc(OCC2(C)CC2)c1. The number of benzene rings is 1. The Bertz CT molecular complexity index is 438. The normalized spacial score (nSPS) is 16.4. The van der Waals surface area contributed by atoms with E-state index in [9.17, 15) is 4.79 Å². The predicted molar refractivity (Wildman–Crippen MR) is 68.3 cm³/mol. The molecule has 2 rings (SSSR count). The summed E-state index contributed by atoms with van der Waals surface area (Å²) in [4.78, 5) is 11.4. The van der Waals surface area contributed by atoms with Crippen molar-refractivity contribution < 1.29 is 14.3 Å². The molecule has 0 N–H and O–H groups in total. The summed E-state index contributed by atoms with van der Waals surface area (Å²) in [6, 6.07) is 5.29. The zero-order valence-corrected chi connectivity index (χ0v) is 11.5. The standard InChI is InChI=1S/C13H15BrO3/c1-13(3-4-13)8-17-11-6-9(12(15)16-2)5-10(14)7-11/h5-7H,3-4,8H2,1-2H3. The van der Waals surface area contributed by atoms with Crippen LogP contribution in [0.2, 0.25) is 0 Å². The fourth-order valence-corrected chi connectivity index (χ4v) is 1.97. The van der Waals surface area contributed by atoms with Gasteiger partial charge in [0.2, 0.25) is 0 Å². The molecule has 0 bridgehead atoms. The molecular formula is C13H15BrO3. The highest BCUT2D eigenvalue weighted by Crippen LogP contribution is 2.45. The Morgan fingerprint density at radius 1 is 1.41 bits per heavy atom. The van der Waals surface area contributed by atoms with Gasteiger partial charge in [0.25, 0.3) is 0 Å². The van der Waals surface area contributed by atoms with Crippen LogP contribution in [0, 0.1) is 5.41 Å². The van der Waals surface area contributed by atoms with Gasteiger partial charge in [0, 0.05) is 9.89 Å². The van der Waals surface area contributed by atoms with E-state index in [0.29, 0.717) is 23.3 Å². The second kappa shape index (κ2) is 4.69. The monoisotopic (exact) mass is 298 g/mol. The zero-order valence-electron chi connectivity index (χ0n) is 9.96. The minimum Gasteiger partial charge on any atom is -0.493 e. The molecular weight excluding hydrogens is 284 g/mol. The molecule has 0 aromatic heterocycles. The molecule has 0 atom stereocenters. The largest absolute Gasteiger partial charge is 0.493 e. The number of hydrogen-bond acceptors (Lipinski definition) is 3. The lowest BCUT2D eigenvalue weighted by atomic mass is 10.2. The van der Waals surface area contributed by atoms with Crippen LogP contribution in [0.1, 0.15) is 30.1 Å². The Morgan fingerprint density at radius 2 is 2.12 bits per heavy atom. The first-order chi connectivity index (χ1) is 8.02. The van der Waals surface area contributed by atoms with Gasteiger partial charge in [0.15, 0.2) is 0 Å². The molecule has 1 aromatic carbocycles. The van der Waals surface area contributed by atoms with Gasteiger partial charge in [-0.25, -0.2) is 4.79 Å². The molecule has 1 fully saturated rings. The lowest BCUT2D eigenvalue weighted by Crippen LogP contribution is -2.09. The van der Waals surface area contributed by atoms with E-state index in [4.69, 9.17) is 4.74 Å². The maximum absolute atomic E-state index is 11.4. The number of ether oxygens (including phenoxy) is 2. The number of carbonyl (C=O) groups is 1. The summed E-state index contributed by atoms with van der Waals surface area (Å²) in [6.07, 6.45) is 2.43. The van der Waals surface area contributed by atoms with Gasteiger partial charge in [0.05, 0.1) is 19.3 Å². The van der Waals surface area contributed by atoms with Crippen molar-refractivity contribution in [1.82, 2.24) is 0 Å². The van der Waals surface area contributed by atoms with Crippen molar-refractivity contribution >= 4 is 21.9 Å². The van der Waals surface area contributed by atoms with Gasteiger partial charge in [-0.15, -0.1) is 0 Å². The third-order valence-corrected chi connectivity index (χ3v) is 3.44. The third-order valence-electron chi connectivity index (χ3n) is 2.98. The fraction of sp³-hybridized carbons (Fsp3) is 0.462. The average Bonchev–Trinajstić information content (AvgIpc) is 3.04. The fourth-order valence-electron chi connectivity index (χ4n) is 1.50. The molecule has 0 heterocycles. The topological polar surface area (TPSA) is 35.5 Å². The molecule has 0 radical (unpaired) electrons. The predicted octanol–water partition coefficient (Wildman–Crippen LogP) is 3.41. The molecule has 92 valence electrons. The summed E-state index contributed by atoms with van der Waals surface area (Å²) < 4.78 is 11.2. The van der Waals surface area contributed by atoms with Crippen LogP contribution in [0.5, 0.6) is 5.75 Å². The molecule has 0 aliphatic heterocycles. The minimum atomic E-state index is -0.353. The highest BCUT2D eigenvalue weighted by Gasteiger charge is 2.38. The van der Waals surface area contributed by atoms with E-state index in [1.54, 1.807) is 12.1 Å². The van der Waals surface area contributed by atoms with Crippen molar-refractivity contribution in [3.8, 4) is 5.75 Å². The summed E-state index contributed by atoms with van der Waals surface area (Å²) in [7, 11) is 1.37. The molecule has 1 aliphatic carbocycles. The van der Waals surface area contributed by atoms with Gasteiger partial charge in [-0.05, 0) is 31.0 Å². The highest BCUT2D eigenvalue weighted by atomic mass is 79.9. The van der Waals surface area contributed by atoms with E-state index in [1.165, 1.54) is 20.0 Å². The molecule has 1 aromatic rings. The molecule has 0 unspecified atom stereocenters. The van der Waals surface area contributed by atoms with Crippen LogP contribution >= 0.6 is 15.9 Å². The quantitative estimate of drug-likeness (QED) is 0.799. The Morgan fingerprint density at radius 3 is 2.71 bits per heavy atom. The maximum atomic E-state index is 11.4. The Labute approximate surface area is 109 Å². The number of hydrogen-bond donors (Lipinski definition) is 0. The molecule has 3 nitrogen and oxygen atoms in total. The average molecular weight is 299 g/mol. The first-order valence-electron chi connectivity index (χ1n) is 5.54. The van der Waals surface area contributed by atoms with Crippen LogP contribution < -0.4 is 4.74 Å². The Balaban J connectivity index is 2.10. The van der Waals surface area contributed by atoms with Crippen molar-refractivity contribution in [2.75, 3.05) is 13.7 Å². The summed E-state index contributed by atoms with van der Waals surface area (Å²) in [5, 5.41) is 0. The van der Waals surface area contributed by atoms with E-state index in [-0.39, 0.29) is 5.97 Å². The van der Waals surface area contributed by atoms with E-state index in [1.807, 2.05) is 6.07 Å². The van der Waals surface area contributed by atoms with Crippen molar-refractivity contribution in [3.63, 3.8) is 0 Å². The van der Waals surface area contributed by atoms with Crippen molar-refractivity contribution in [2.45, 2.75) is 19.8 Å². The van der Waals surface area contributed by atoms with Gasteiger partial charge < -0.3 is 9.47 Å². The van der Waals surface area contributed by atoms with Crippen LogP contribution in [-0.4, -0.2) is 19.7 Å². The molecule has 1 aliphatic rings. The number of carbonyl (C=O) groups excluding carboxylic acids is 1. The van der Waals surface area contributed by atoms with Crippen LogP contribution in [0.25, 0.3) is 0 Å². The first-order valence-corrected chi connectivity index (χ1v) is 6.33. The smallest absolute Gasteiger partial charge is 0.338 e. The van der Waals surface area contributed by atoms with Gasteiger partial charge in [0.1, 0.15) is 5.75 Å². The molecule has 1 saturated carbocycles. The zero-order chi connectivity index (χ0) is 12.5. The van der Waals surface area contributed by atoms with Crippen LogP contribution in [-0.2, 0) is 4.74 Å². The maximum Gasteiger partial charge on any atom is 0.338 e. The lowest BCUT2D eigenvalue weighted by molar-refractivity contribution is 0.0600. The van der Waals surface area contributed by atoms with Gasteiger partial charge in [-0.2, -0.15) is 0 Å². The second-order valence-corrected chi connectivity index (χ2v) is 5.68. The Hall–Kier alpha value is -1.03. The molecule has 0 saturated heterocycles. The van der Waals surface area contributed by atoms with Crippen molar-refractivity contribution in [2.24, 2.45) is 5.41 Å². The summed E-state index contributed by atoms with van der Waals surface area (Å²) in [6.45, 7) is 2.90. The summed E-state index contributed by atoms with van der Waals surface area (Å²) in [5.41, 5.74) is 0.825. The highest BCUT2D eigenvalue weighted by molar-refractivity contribution is 9.10. The number of halogens is 1. The Kier molecular flexibility index (Phi) is 3.43. The summed E-state index contributed by atoms with van der Waals surface area (Å²) in [5.74, 6) is 0.349. The van der Waals surface area contributed by atoms with E-state index in [2.05, 4.69) is 27.6 Å². The number of methoxy groups -OCH3 is 1. The number of rotatable bonds is 4. The van der Waals surface area contributed by atoms with Crippen molar-refractivity contribution in [3.05, 3.63) is 28.2 Å². The van der Waals surface area contributed by atoms with Crippen LogP contribution in [0.4, 0.5) is 0 Å². The van der Waals surface area contributed by atoms with Crippen LogP contribution in [0.3, 0.4) is 0 Å². The molecule has 0 amide bonds. The van der Waals surface area contributed by atoms with E-state index in [0.717, 1.165) is 4.47 Å². The van der Waals surface area contributed by atoms with E-state index >= 15 is 0 Å². The third kappa shape index (κ3) is 3.22.